The molecule has 1 saturated heterocycles. The van der Waals surface area contributed by atoms with Crippen molar-refractivity contribution in [3.8, 4) is 5.75 Å². The molecule has 1 aliphatic heterocycles. The first-order chi connectivity index (χ1) is 13.5. The van der Waals surface area contributed by atoms with Gasteiger partial charge in [0.1, 0.15) is 5.75 Å². The van der Waals surface area contributed by atoms with Crippen molar-refractivity contribution in [2.24, 2.45) is 0 Å². The molecule has 1 amide bonds. The standard InChI is InChI=1S/C25H33NO2S/c1-24(2,3)19-12-18(13-20(22(19)27)25(4,5)6)14-21-23(28)26(16-29-21)15-17-10-8-7-9-11-17/h7-13,21,27H,14-16H2,1-6H3. The highest BCUT2D eigenvalue weighted by Crippen LogP contribution is 2.40. The second kappa shape index (κ2) is 8.06. The number of phenols is 1. The van der Waals surface area contributed by atoms with Gasteiger partial charge in [-0.3, -0.25) is 4.79 Å². The van der Waals surface area contributed by atoms with Crippen LogP contribution in [-0.2, 0) is 28.6 Å². The Morgan fingerprint density at radius 1 is 0.966 bits per heavy atom. The minimum Gasteiger partial charge on any atom is -0.507 e. The van der Waals surface area contributed by atoms with E-state index in [9.17, 15) is 9.90 Å². The molecular formula is C25H33NO2S. The smallest absolute Gasteiger partial charge is 0.237 e. The summed E-state index contributed by atoms with van der Waals surface area (Å²) < 4.78 is 0. The van der Waals surface area contributed by atoms with Crippen molar-refractivity contribution in [3.63, 3.8) is 0 Å². The van der Waals surface area contributed by atoms with Gasteiger partial charge in [0.05, 0.1) is 11.1 Å². The topological polar surface area (TPSA) is 40.5 Å². The molecule has 1 fully saturated rings. The van der Waals surface area contributed by atoms with E-state index in [1.807, 2.05) is 23.1 Å². The normalized spacial score (nSPS) is 17.8. The molecule has 0 aromatic heterocycles. The number of phenolic OH excluding ortho intramolecular Hbond substituents is 1. The van der Waals surface area contributed by atoms with Gasteiger partial charge in [-0.25, -0.2) is 0 Å². The van der Waals surface area contributed by atoms with Crippen molar-refractivity contribution in [3.05, 3.63) is 64.7 Å². The molecule has 1 heterocycles. The van der Waals surface area contributed by atoms with Gasteiger partial charge in [0.15, 0.2) is 0 Å². The van der Waals surface area contributed by atoms with Gasteiger partial charge in [0.25, 0.3) is 0 Å². The lowest BCUT2D eigenvalue weighted by molar-refractivity contribution is -0.129. The van der Waals surface area contributed by atoms with E-state index < -0.39 is 0 Å². The maximum Gasteiger partial charge on any atom is 0.237 e. The number of aromatic hydroxyl groups is 1. The SMILES string of the molecule is CC(C)(C)c1cc(CC2SCN(Cc3ccccc3)C2=O)cc(C(C)(C)C)c1O. The van der Waals surface area contributed by atoms with Crippen LogP contribution in [0.4, 0.5) is 0 Å². The van der Waals surface area contributed by atoms with Crippen molar-refractivity contribution in [2.75, 3.05) is 5.88 Å². The molecule has 156 valence electrons. The summed E-state index contributed by atoms with van der Waals surface area (Å²) in [5, 5.41) is 10.9. The average molecular weight is 412 g/mol. The summed E-state index contributed by atoms with van der Waals surface area (Å²) in [7, 11) is 0. The molecule has 0 aliphatic carbocycles. The van der Waals surface area contributed by atoms with Crippen LogP contribution in [-0.4, -0.2) is 27.0 Å². The summed E-state index contributed by atoms with van der Waals surface area (Å²) in [6, 6.07) is 14.3. The van der Waals surface area contributed by atoms with Crippen LogP contribution in [0.1, 0.15) is 63.8 Å². The predicted octanol–water partition coefficient (Wildman–Crippen LogP) is 5.63. The van der Waals surface area contributed by atoms with Crippen LogP contribution in [0, 0.1) is 0 Å². The highest BCUT2D eigenvalue weighted by molar-refractivity contribution is 8.01. The Bertz CT molecular complexity index is 843. The molecule has 1 aliphatic rings. The van der Waals surface area contributed by atoms with Gasteiger partial charge < -0.3 is 10.0 Å². The molecule has 0 spiro atoms. The summed E-state index contributed by atoms with van der Waals surface area (Å²) in [4.78, 5) is 14.9. The Kier molecular flexibility index (Phi) is 6.05. The molecule has 0 bridgehead atoms. The van der Waals surface area contributed by atoms with E-state index in [1.54, 1.807) is 11.8 Å². The van der Waals surface area contributed by atoms with Gasteiger partial charge in [-0.2, -0.15) is 0 Å². The Balaban J connectivity index is 1.84. The lowest BCUT2D eigenvalue weighted by Crippen LogP contribution is -2.30. The molecule has 2 aromatic carbocycles. The van der Waals surface area contributed by atoms with E-state index in [1.165, 1.54) is 0 Å². The predicted molar refractivity (Wildman–Crippen MR) is 122 cm³/mol. The summed E-state index contributed by atoms with van der Waals surface area (Å²) in [6.07, 6.45) is 0.696. The number of hydrogen-bond acceptors (Lipinski definition) is 3. The molecule has 3 rings (SSSR count). The maximum atomic E-state index is 13.0. The van der Waals surface area contributed by atoms with Gasteiger partial charge in [-0.1, -0.05) is 84.0 Å². The molecule has 1 atom stereocenters. The molecule has 0 saturated carbocycles. The van der Waals surface area contributed by atoms with E-state index in [2.05, 4.69) is 65.8 Å². The highest BCUT2D eigenvalue weighted by Gasteiger charge is 2.33. The number of amides is 1. The maximum absolute atomic E-state index is 13.0. The Hall–Kier alpha value is -1.94. The third-order valence-electron chi connectivity index (χ3n) is 5.44. The summed E-state index contributed by atoms with van der Waals surface area (Å²) >= 11 is 1.72. The van der Waals surface area contributed by atoms with Crippen molar-refractivity contribution >= 4 is 17.7 Å². The third kappa shape index (κ3) is 4.98. The number of benzene rings is 2. The Labute approximate surface area is 179 Å². The summed E-state index contributed by atoms with van der Waals surface area (Å²) in [5.74, 6) is 1.33. The Morgan fingerprint density at radius 3 is 2.03 bits per heavy atom. The van der Waals surface area contributed by atoms with Crippen LogP contribution in [0.25, 0.3) is 0 Å². The first kappa shape index (κ1) is 21.8. The second-order valence-electron chi connectivity index (χ2n) is 10.0. The number of nitrogens with zero attached hydrogens (tertiary/aromatic N) is 1. The molecule has 0 radical (unpaired) electrons. The molecule has 29 heavy (non-hydrogen) atoms. The van der Waals surface area contributed by atoms with Crippen molar-refractivity contribution in [1.29, 1.82) is 0 Å². The second-order valence-corrected chi connectivity index (χ2v) is 11.2. The fourth-order valence-electron chi connectivity index (χ4n) is 3.76. The first-order valence-electron chi connectivity index (χ1n) is 10.3. The lowest BCUT2D eigenvalue weighted by atomic mass is 9.78. The summed E-state index contributed by atoms with van der Waals surface area (Å²) in [5.41, 5.74) is 3.88. The van der Waals surface area contributed by atoms with E-state index in [-0.39, 0.29) is 22.0 Å². The average Bonchev–Trinajstić information content (AvgIpc) is 2.95. The van der Waals surface area contributed by atoms with E-state index in [0.717, 1.165) is 28.1 Å². The summed E-state index contributed by atoms with van der Waals surface area (Å²) in [6.45, 7) is 13.4. The minimum absolute atomic E-state index is 0.0658. The molecule has 1 N–H and O–H groups in total. The quantitative estimate of drug-likeness (QED) is 0.709. The van der Waals surface area contributed by atoms with Gasteiger partial charge in [0, 0.05) is 6.54 Å². The molecule has 2 aromatic rings. The van der Waals surface area contributed by atoms with Crippen LogP contribution in [0.3, 0.4) is 0 Å². The molecule has 4 heteroatoms. The van der Waals surface area contributed by atoms with Crippen molar-refractivity contribution in [2.45, 2.75) is 70.6 Å². The van der Waals surface area contributed by atoms with Gasteiger partial charge in [-0.15, -0.1) is 11.8 Å². The number of carbonyl (C=O) groups is 1. The molecular weight excluding hydrogens is 378 g/mol. The monoisotopic (exact) mass is 411 g/mol. The molecule has 3 nitrogen and oxygen atoms in total. The van der Waals surface area contributed by atoms with Gasteiger partial charge in [0.2, 0.25) is 5.91 Å². The van der Waals surface area contributed by atoms with Crippen LogP contribution >= 0.6 is 11.8 Å². The van der Waals surface area contributed by atoms with E-state index in [4.69, 9.17) is 0 Å². The van der Waals surface area contributed by atoms with Crippen molar-refractivity contribution < 1.29 is 9.90 Å². The number of carbonyl (C=O) groups excluding carboxylic acids is 1. The van der Waals surface area contributed by atoms with Gasteiger partial charge in [-0.05, 0) is 39.5 Å². The van der Waals surface area contributed by atoms with Crippen molar-refractivity contribution in [1.82, 2.24) is 4.90 Å². The number of hydrogen-bond donors (Lipinski definition) is 1. The zero-order valence-corrected chi connectivity index (χ0v) is 19.3. The first-order valence-corrected chi connectivity index (χ1v) is 11.3. The van der Waals surface area contributed by atoms with Crippen LogP contribution in [0.15, 0.2) is 42.5 Å². The number of thioether (sulfide) groups is 1. The van der Waals surface area contributed by atoms with E-state index in [0.29, 0.717) is 18.7 Å². The Morgan fingerprint density at radius 2 is 1.52 bits per heavy atom. The van der Waals surface area contributed by atoms with Gasteiger partial charge >= 0.3 is 0 Å². The zero-order valence-electron chi connectivity index (χ0n) is 18.5. The largest absolute Gasteiger partial charge is 0.507 e. The van der Waals surface area contributed by atoms with Crippen LogP contribution < -0.4 is 0 Å². The third-order valence-corrected chi connectivity index (χ3v) is 6.67. The number of rotatable bonds is 4. The van der Waals surface area contributed by atoms with Crippen LogP contribution in [0.2, 0.25) is 0 Å². The zero-order chi connectivity index (χ0) is 21.4. The van der Waals surface area contributed by atoms with Crippen LogP contribution in [0.5, 0.6) is 5.75 Å². The fourth-order valence-corrected chi connectivity index (χ4v) is 4.94. The lowest BCUT2D eigenvalue weighted by Gasteiger charge is -2.28. The highest BCUT2D eigenvalue weighted by atomic mass is 32.2. The van der Waals surface area contributed by atoms with E-state index >= 15 is 0 Å². The molecule has 1 unspecified atom stereocenters. The minimum atomic E-state index is -0.160. The fraction of sp³-hybridized carbons (Fsp3) is 0.480.